The van der Waals surface area contributed by atoms with Crippen LogP contribution in [0.5, 0.6) is 11.5 Å². The molecule has 1 atom stereocenters. The molecular formula is C27H21N3O5S. The van der Waals surface area contributed by atoms with Gasteiger partial charge < -0.3 is 14.6 Å². The normalized spacial score (nSPS) is 18.5. The summed E-state index contributed by atoms with van der Waals surface area (Å²) in [5.74, 6) is -0.297. The summed E-state index contributed by atoms with van der Waals surface area (Å²) in [4.78, 5) is 37.0. The summed E-state index contributed by atoms with van der Waals surface area (Å²) in [5, 5.41) is 11.7. The second kappa shape index (κ2) is 8.76. The van der Waals surface area contributed by atoms with Crippen LogP contribution in [-0.4, -0.2) is 40.0 Å². The van der Waals surface area contributed by atoms with Gasteiger partial charge in [0.1, 0.15) is 17.3 Å². The van der Waals surface area contributed by atoms with Gasteiger partial charge in [-0.2, -0.15) is 0 Å². The minimum absolute atomic E-state index is 0.00104. The maximum Gasteiger partial charge on any atom is 0.301 e. The summed E-state index contributed by atoms with van der Waals surface area (Å²) in [6, 6.07) is 13.4. The summed E-state index contributed by atoms with van der Waals surface area (Å²) >= 11 is 1.29. The molecule has 1 N–H and O–H groups in total. The SMILES string of the molecule is CCOc1ccc2nc(N3C(=O)C(=O)/C(=C(/O)c4ccc5c(c4)CCO5)C3c3cccnc3)sc2c1. The summed E-state index contributed by atoms with van der Waals surface area (Å²) in [6.45, 7) is 3.01. The zero-order valence-electron chi connectivity index (χ0n) is 19.3. The van der Waals surface area contributed by atoms with Gasteiger partial charge >= 0.3 is 5.91 Å². The van der Waals surface area contributed by atoms with Gasteiger partial charge in [0.2, 0.25) is 0 Å². The lowest BCUT2D eigenvalue weighted by atomic mass is 9.95. The first-order valence-corrected chi connectivity index (χ1v) is 12.4. The van der Waals surface area contributed by atoms with Crippen LogP contribution in [0, 0.1) is 0 Å². The first-order chi connectivity index (χ1) is 17.5. The number of aliphatic hydroxyl groups is 1. The lowest BCUT2D eigenvalue weighted by Crippen LogP contribution is -2.29. The van der Waals surface area contributed by atoms with Gasteiger partial charge in [-0.1, -0.05) is 17.4 Å². The van der Waals surface area contributed by atoms with Gasteiger partial charge in [-0.25, -0.2) is 4.98 Å². The van der Waals surface area contributed by atoms with Crippen molar-refractivity contribution in [2.24, 2.45) is 0 Å². The Labute approximate surface area is 210 Å². The smallest absolute Gasteiger partial charge is 0.301 e. The second-order valence-electron chi connectivity index (χ2n) is 8.44. The average Bonchev–Trinajstić information content (AvgIpc) is 3.60. The van der Waals surface area contributed by atoms with Crippen LogP contribution in [0.25, 0.3) is 16.0 Å². The largest absolute Gasteiger partial charge is 0.507 e. The molecule has 180 valence electrons. The van der Waals surface area contributed by atoms with Crippen molar-refractivity contribution in [3.8, 4) is 11.5 Å². The molecule has 1 unspecified atom stereocenters. The molecule has 8 nitrogen and oxygen atoms in total. The van der Waals surface area contributed by atoms with Gasteiger partial charge in [-0.3, -0.25) is 19.5 Å². The van der Waals surface area contributed by atoms with Crippen molar-refractivity contribution < 1.29 is 24.2 Å². The quantitative estimate of drug-likeness (QED) is 0.242. The number of ketones is 1. The summed E-state index contributed by atoms with van der Waals surface area (Å²) in [7, 11) is 0. The minimum Gasteiger partial charge on any atom is -0.507 e. The Hall–Kier alpha value is -4.24. The molecule has 1 fully saturated rings. The Morgan fingerprint density at radius 2 is 2.11 bits per heavy atom. The third-order valence-electron chi connectivity index (χ3n) is 6.27. The topological polar surface area (TPSA) is 102 Å². The number of thiazole rings is 1. The van der Waals surface area contributed by atoms with Gasteiger partial charge in [-0.05, 0) is 60.5 Å². The number of carbonyl (C=O) groups is 2. The number of nitrogens with zero attached hydrogens (tertiary/aromatic N) is 3. The van der Waals surface area contributed by atoms with Gasteiger partial charge in [0.05, 0.1) is 35.0 Å². The number of ether oxygens (including phenoxy) is 2. The highest BCUT2D eigenvalue weighted by Crippen LogP contribution is 2.44. The number of rotatable bonds is 5. The zero-order chi connectivity index (χ0) is 24.8. The van der Waals surface area contributed by atoms with Crippen LogP contribution >= 0.6 is 11.3 Å². The monoisotopic (exact) mass is 499 g/mol. The molecule has 2 aromatic heterocycles. The van der Waals surface area contributed by atoms with Crippen LogP contribution in [-0.2, 0) is 16.0 Å². The van der Waals surface area contributed by atoms with Crippen molar-refractivity contribution in [2.45, 2.75) is 19.4 Å². The van der Waals surface area contributed by atoms with E-state index in [1.54, 1.807) is 42.7 Å². The predicted molar refractivity (Wildman–Crippen MR) is 135 cm³/mol. The first kappa shape index (κ1) is 22.2. The van der Waals surface area contributed by atoms with E-state index in [0.717, 1.165) is 16.0 Å². The zero-order valence-corrected chi connectivity index (χ0v) is 20.1. The summed E-state index contributed by atoms with van der Waals surface area (Å²) in [5.41, 5.74) is 2.68. The van der Waals surface area contributed by atoms with Crippen molar-refractivity contribution in [3.05, 3.63) is 83.2 Å². The molecule has 0 spiro atoms. The van der Waals surface area contributed by atoms with Gasteiger partial charge in [0, 0.05) is 24.4 Å². The number of pyridine rings is 1. The van der Waals surface area contributed by atoms with E-state index in [9.17, 15) is 14.7 Å². The molecule has 1 saturated heterocycles. The molecule has 6 rings (SSSR count). The number of carbonyl (C=O) groups excluding carboxylic acids is 2. The van der Waals surface area contributed by atoms with E-state index in [1.165, 1.54) is 16.2 Å². The van der Waals surface area contributed by atoms with Crippen molar-refractivity contribution in [3.63, 3.8) is 0 Å². The van der Waals surface area contributed by atoms with E-state index in [1.807, 2.05) is 25.1 Å². The molecule has 36 heavy (non-hydrogen) atoms. The van der Waals surface area contributed by atoms with Crippen molar-refractivity contribution in [2.75, 3.05) is 18.1 Å². The lowest BCUT2D eigenvalue weighted by molar-refractivity contribution is -0.132. The summed E-state index contributed by atoms with van der Waals surface area (Å²) < 4.78 is 12.0. The van der Waals surface area contributed by atoms with Crippen molar-refractivity contribution in [1.82, 2.24) is 9.97 Å². The fourth-order valence-electron chi connectivity index (χ4n) is 4.62. The molecule has 2 aliphatic rings. The summed E-state index contributed by atoms with van der Waals surface area (Å²) in [6.07, 6.45) is 3.92. The highest BCUT2D eigenvalue weighted by atomic mass is 32.1. The molecule has 2 aliphatic heterocycles. The number of amides is 1. The first-order valence-electron chi connectivity index (χ1n) is 11.6. The van der Waals surface area contributed by atoms with Gasteiger partial charge in [0.15, 0.2) is 5.13 Å². The van der Waals surface area contributed by atoms with E-state index < -0.39 is 17.7 Å². The predicted octanol–water partition coefficient (Wildman–Crippen LogP) is 4.65. The van der Waals surface area contributed by atoms with Crippen LogP contribution in [0.2, 0.25) is 0 Å². The number of aliphatic hydroxyl groups excluding tert-OH is 1. The van der Waals surface area contributed by atoms with E-state index in [-0.39, 0.29) is 11.3 Å². The Morgan fingerprint density at radius 3 is 2.92 bits per heavy atom. The van der Waals surface area contributed by atoms with E-state index in [0.29, 0.717) is 47.2 Å². The minimum atomic E-state index is -0.880. The number of benzene rings is 2. The molecule has 9 heteroatoms. The molecule has 4 aromatic rings. The average molecular weight is 500 g/mol. The van der Waals surface area contributed by atoms with Crippen LogP contribution in [0.3, 0.4) is 0 Å². The fraction of sp³-hybridized carbons (Fsp3) is 0.185. The third kappa shape index (κ3) is 3.59. The number of Topliss-reactive ketones (excluding diaryl/α,β-unsaturated/α-hetero) is 1. The van der Waals surface area contributed by atoms with E-state index in [2.05, 4.69) is 9.97 Å². The molecular weight excluding hydrogens is 478 g/mol. The van der Waals surface area contributed by atoms with Gasteiger partial charge in [0.25, 0.3) is 5.78 Å². The molecule has 2 aromatic carbocycles. The van der Waals surface area contributed by atoms with Crippen LogP contribution in [0.4, 0.5) is 5.13 Å². The Bertz CT molecular complexity index is 1550. The maximum atomic E-state index is 13.4. The standard InChI is InChI=1S/C27H21N3O5S/c1-2-34-18-6-7-19-21(13-18)36-27(29-19)30-23(17-4-3-10-28-14-17)22(25(32)26(30)33)24(31)16-5-8-20-15(12-16)9-11-35-20/h3-8,10,12-14,23,31H,2,9,11H2,1H3/b24-22+. The molecule has 0 bridgehead atoms. The number of aromatic nitrogens is 2. The Morgan fingerprint density at radius 1 is 1.22 bits per heavy atom. The van der Waals surface area contributed by atoms with E-state index >= 15 is 0 Å². The molecule has 0 radical (unpaired) electrons. The molecule has 0 saturated carbocycles. The molecule has 4 heterocycles. The third-order valence-corrected chi connectivity index (χ3v) is 7.29. The highest BCUT2D eigenvalue weighted by molar-refractivity contribution is 7.22. The fourth-order valence-corrected chi connectivity index (χ4v) is 5.65. The second-order valence-corrected chi connectivity index (χ2v) is 9.44. The Balaban J connectivity index is 1.51. The Kier molecular flexibility index (Phi) is 5.41. The van der Waals surface area contributed by atoms with Crippen molar-refractivity contribution in [1.29, 1.82) is 0 Å². The highest BCUT2D eigenvalue weighted by Gasteiger charge is 2.48. The lowest BCUT2D eigenvalue weighted by Gasteiger charge is -2.22. The van der Waals surface area contributed by atoms with Crippen molar-refractivity contribution >= 4 is 44.1 Å². The maximum absolute atomic E-state index is 13.4. The number of hydrogen-bond donors (Lipinski definition) is 1. The number of anilines is 1. The molecule has 1 amide bonds. The van der Waals surface area contributed by atoms with Crippen LogP contribution < -0.4 is 14.4 Å². The van der Waals surface area contributed by atoms with Crippen LogP contribution in [0.15, 0.2) is 66.5 Å². The molecule has 0 aliphatic carbocycles. The number of fused-ring (bicyclic) bond motifs is 2. The van der Waals surface area contributed by atoms with Crippen LogP contribution in [0.1, 0.15) is 29.7 Å². The number of hydrogen-bond acceptors (Lipinski definition) is 8. The van der Waals surface area contributed by atoms with Gasteiger partial charge in [-0.15, -0.1) is 0 Å². The van der Waals surface area contributed by atoms with E-state index in [4.69, 9.17) is 9.47 Å².